The van der Waals surface area contributed by atoms with Crippen LogP contribution in [0.3, 0.4) is 0 Å². The first kappa shape index (κ1) is 34.3. The molecule has 0 saturated carbocycles. The van der Waals surface area contributed by atoms with Gasteiger partial charge in [0.25, 0.3) is 0 Å². The lowest BCUT2D eigenvalue weighted by Crippen LogP contribution is -2.18. The fraction of sp³-hybridized carbons (Fsp3) is 0.933. The Balaban J connectivity index is 4.14. The summed E-state index contributed by atoms with van der Waals surface area (Å²) in [7, 11) is 0. The lowest BCUT2D eigenvalue weighted by Gasteiger charge is -2.21. The van der Waals surface area contributed by atoms with Crippen molar-refractivity contribution in [2.24, 2.45) is 0 Å². The molecule has 0 rings (SSSR count). The molecule has 5 heteroatoms. The van der Waals surface area contributed by atoms with Crippen LogP contribution >= 0.6 is 11.8 Å². The van der Waals surface area contributed by atoms with Gasteiger partial charge in [-0.1, -0.05) is 142 Å². The monoisotopic (exact) mass is 514 g/mol. The molecule has 0 aromatic carbocycles. The summed E-state index contributed by atoms with van der Waals surface area (Å²) >= 11 is 1.64. The smallest absolute Gasteiger partial charge is 0.304 e. The van der Waals surface area contributed by atoms with E-state index in [9.17, 15) is 19.8 Å². The van der Waals surface area contributed by atoms with E-state index in [2.05, 4.69) is 13.8 Å². The lowest BCUT2D eigenvalue weighted by molar-refractivity contribution is -0.137. The van der Waals surface area contributed by atoms with Gasteiger partial charge in [0.05, 0.1) is 12.8 Å². The maximum Gasteiger partial charge on any atom is 0.304 e. The van der Waals surface area contributed by atoms with Crippen molar-refractivity contribution in [1.82, 2.24) is 0 Å². The molecule has 0 bridgehead atoms. The number of carboxylic acid groups (broad SMARTS) is 2. The van der Waals surface area contributed by atoms with Crippen molar-refractivity contribution < 1.29 is 19.8 Å². The first-order chi connectivity index (χ1) is 17.0. The Kier molecular flexibility index (Phi) is 25.8. The normalized spacial score (nSPS) is 13.1. The second-order valence-corrected chi connectivity index (χ2v) is 12.1. The van der Waals surface area contributed by atoms with Gasteiger partial charge in [0.15, 0.2) is 0 Å². The van der Waals surface area contributed by atoms with Crippen LogP contribution in [0.4, 0.5) is 0 Å². The van der Waals surface area contributed by atoms with E-state index >= 15 is 0 Å². The van der Waals surface area contributed by atoms with Crippen molar-refractivity contribution in [2.75, 3.05) is 0 Å². The van der Waals surface area contributed by atoms with Gasteiger partial charge in [-0.2, -0.15) is 11.8 Å². The Morgan fingerprint density at radius 1 is 0.486 bits per heavy atom. The Morgan fingerprint density at radius 2 is 0.743 bits per heavy atom. The summed E-state index contributed by atoms with van der Waals surface area (Å²) in [5.41, 5.74) is 0. The Morgan fingerprint density at radius 3 is 1.00 bits per heavy atom. The van der Waals surface area contributed by atoms with Crippen molar-refractivity contribution in [3.63, 3.8) is 0 Å². The average molecular weight is 515 g/mol. The molecule has 35 heavy (non-hydrogen) atoms. The fourth-order valence-electron chi connectivity index (χ4n) is 4.82. The Bertz CT molecular complexity index is 441. The lowest BCUT2D eigenvalue weighted by atomic mass is 10.0. The van der Waals surface area contributed by atoms with E-state index in [-0.39, 0.29) is 23.3 Å². The summed E-state index contributed by atoms with van der Waals surface area (Å²) in [6, 6.07) is 0. The van der Waals surface area contributed by atoms with Gasteiger partial charge >= 0.3 is 11.9 Å². The first-order valence-corrected chi connectivity index (χ1v) is 16.0. The third kappa shape index (κ3) is 26.2. The summed E-state index contributed by atoms with van der Waals surface area (Å²) in [6.07, 6.45) is 27.6. The van der Waals surface area contributed by atoms with Gasteiger partial charge in [0, 0.05) is 10.5 Å². The molecule has 2 N–H and O–H groups in total. The zero-order valence-corrected chi connectivity index (χ0v) is 24.1. The van der Waals surface area contributed by atoms with Gasteiger partial charge in [-0.15, -0.1) is 0 Å². The minimum Gasteiger partial charge on any atom is -0.481 e. The minimum absolute atomic E-state index is 0.0361. The summed E-state index contributed by atoms with van der Waals surface area (Å²) in [6.45, 7) is 4.50. The van der Waals surface area contributed by atoms with Gasteiger partial charge in [-0.3, -0.25) is 9.59 Å². The number of hydrogen-bond donors (Lipinski definition) is 2. The van der Waals surface area contributed by atoms with Crippen LogP contribution in [0.1, 0.15) is 168 Å². The molecule has 0 heterocycles. The van der Waals surface area contributed by atoms with Crippen molar-refractivity contribution in [3.8, 4) is 0 Å². The number of unbranched alkanes of at least 4 members (excludes halogenated alkanes) is 18. The topological polar surface area (TPSA) is 74.6 Å². The molecule has 2 atom stereocenters. The van der Waals surface area contributed by atoms with Gasteiger partial charge in [-0.05, 0) is 12.8 Å². The summed E-state index contributed by atoms with van der Waals surface area (Å²) in [5, 5.41) is 18.8. The van der Waals surface area contributed by atoms with Crippen molar-refractivity contribution in [2.45, 2.75) is 178 Å². The molecule has 2 unspecified atom stereocenters. The number of thioether (sulfide) groups is 1. The quantitative estimate of drug-likeness (QED) is 0.102. The SMILES string of the molecule is CCCCCCCCCCCCC(CC(=O)O)SC(CCCCCCCCCCCC)CC(=O)O. The highest BCUT2D eigenvalue weighted by molar-refractivity contribution is 8.00. The number of aliphatic carboxylic acids is 2. The van der Waals surface area contributed by atoms with E-state index in [4.69, 9.17) is 0 Å². The minimum atomic E-state index is -0.761. The van der Waals surface area contributed by atoms with Gasteiger partial charge < -0.3 is 10.2 Å². The highest BCUT2D eigenvalue weighted by atomic mass is 32.2. The van der Waals surface area contributed by atoms with Crippen molar-refractivity contribution in [3.05, 3.63) is 0 Å². The predicted octanol–water partition coefficient (Wildman–Crippen LogP) is 10.0. The van der Waals surface area contributed by atoms with E-state index in [0.717, 1.165) is 38.5 Å². The average Bonchev–Trinajstić information content (AvgIpc) is 2.80. The third-order valence-corrected chi connectivity index (χ3v) is 8.52. The summed E-state index contributed by atoms with van der Waals surface area (Å²) in [5.74, 6) is -1.52. The maximum atomic E-state index is 11.4. The van der Waals surface area contributed by atoms with Gasteiger partial charge in [0.2, 0.25) is 0 Å². The van der Waals surface area contributed by atoms with Crippen LogP contribution in [-0.4, -0.2) is 32.7 Å². The fourth-order valence-corrected chi connectivity index (χ4v) is 6.44. The van der Waals surface area contributed by atoms with Gasteiger partial charge in [0.1, 0.15) is 0 Å². The number of carboxylic acids is 2. The zero-order valence-electron chi connectivity index (χ0n) is 23.2. The van der Waals surface area contributed by atoms with Crippen LogP contribution in [0.25, 0.3) is 0 Å². The standard InChI is InChI=1S/C30H58O4S/c1-3-5-7-9-11-13-15-17-19-21-23-27(25-29(31)32)35-28(26-30(33)34)24-22-20-18-16-14-12-10-8-6-4-2/h27-28H,3-26H2,1-2H3,(H,31,32)(H,33,34). The van der Waals surface area contributed by atoms with Crippen molar-refractivity contribution in [1.29, 1.82) is 0 Å². The number of hydrogen-bond acceptors (Lipinski definition) is 3. The Hall–Kier alpha value is -0.710. The molecule has 0 spiro atoms. The zero-order chi connectivity index (χ0) is 26.0. The van der Waals surface area contributed by atoms with E-state index in [1.807, 2.05) is 0 Å². The van der Waals surface area contributed by atoms with Crippen LogP contribution in [0.2, 0.25) is 0 Å². The van der Waals surface area contributed by atoms with Crippen molar-refractivity contribution >= 4 is 23.7 Å². The molecule has 0 aliphatic heterocycles. The first-order valence-electron chi connectivity index (χ1n) is 15.1. The van der Waals surface area contributed by atoms with Crippen LogP contribution in [0.15, 0.2) is 0 Å². The molecule has 4 nitrogen and oxygen atoms in total. The number of rotatable bonds is 28. The van der Waals surface area contributed by atoms with E-state index in [1.165, 1.54) is 103 Å². The molecular formula is C30H58O4S. The van der Waals surface area contributed by atoms with E-state index < -0.39 is 11.9 Å². The predicted molar refractivity (Wildman–Crippen MR) is 153 cm³/mol. The van der Waals surface area contributed by atoms with Crippen LogP contribution in [0.5, 0.6) is 0 Å². The molecule has 0 fully saturated rings. The van der Waals surface area contributed by atoms with Crippen LogP contribution < -0.4 is 0 Å². The largest absolute Gasteiger partial charge is 0.481 e. The summed E-state index contributed by atoms with van der Waals surface area (Å²) in [4.78, 5) is 22.8. The summed E-state index contributed by atoms with van der Waals surface area (Å²) < 4.78 is 0. The molecule has 0 aromatic heterocycles. The molecule has 208 valence electrons. The maximum absolute atomic E-state index is 11.4. The molecule has 0 aliphatic rings. The molecule has 0 radical (unpaired) electrons. The highest BCUT2D eigenvalue weighted by Gasteiger charge is 2.21. The second kappa shape index (κ2) is 26.4. The molecule has 0 amide bonds. The van der Waals surface area contributed by atoms with Crippen LogP contribution in [-0.2, 0) is 9.59 Å². The molecule has 0 aromatic rings. The third-order valence-electron chi connectivity index (χ3n) is 6.95. The number of carbonyl (C=O) groups is 2. The molecule has 0 aliphatic carbocycles. The molecular weight excluding hydrogens is 456 g/mol. The highest BCUT2D eigenvalue weighted by Crippen LogP contribution is 2.31. The van der Waals surface area contributed by atoms with E-state index in [0.29, 0.717) is 0 Å². The Labute approximate surface area is 221 Å². The van der Waals surface area contributed by atoms with Gasteiger partial charge in [-0.25, -0.2) is 0 Å². The molecule has 0 saturated heterocycles. The van der Waals surface area contributed by atoms with Crippen LogP contribution in [0, 0.1) is 0 Å². The second-order valence-electron chi connectivity index (χ2n) is 10.5. The van der Waals surface area contributed by atoms with E-state index in [1.54, 1.807) is 11.8 Å².